The molecule has 7 aromatic carbocycles. The summed E-state index contributed by atoms with van der Waals surface area (Å²) in [6, 6.07) is 54.4. The molecule has 5 nitrogen and oxygen atoms in total. The van der Waals surface area contributed by atoms with Crippen LogP contribution in [0.2, 0.25) is 0 Å². The van der Waals surface area contributed by atoms with Crippen LogP contribution in [0.5, 0.6) is 0 Å². The normalized spacial score (nSPS) is 11.8. The molecule has 48 heavy (non-hydrogen) atoms. The summed E-state index contributed by atoms with van der Waals surface area (Å²) < 4.78 is 8.65. The zero-order valence-electron chi connectivity index (χ0n) is 25.7. The third-order valence-electron chi connectivity index (χ3n) is 9.28. The first-order valence-corrected chi connectivity index (χ1v) is 16.0. The number of fused-ring (bicyclic) bond motifs is 7. The topological polar surface area (TPSA) is 56.7 Å². The average molecular weight is 615 g/mol. The second-order valence-electron chi connectivity index (χ2n) is 12.0. The Morgan fingerprint density at radius 1 is 0.417 bits per heavy atom. The Morgan fingerprint density at radius 2 is 0.979 bits per heavy atom. The van der Waals surface area contributed by atoms with E-state index in [1.165, 1.54) is 0 Å². The maximum Gasteiger partial charge on any atom is 0.238 e. The van der Waals surface area contributed by atoms with Crippen molar-refractivity contribution in [3.8, 4) is 39.9 Å². The molecule has 0 atom stereocenters. The van der Waals surface area contributed by atoms with Crippen molar-refractivity contribution in [2.75, 3.05) is 0 Å². The molecule has 10 rings (SSSR count). The molecule has 0 radical (unpaired) electrons. The van der Waals surface area contributed by atoms with E-state index >= 15 is 0 Å². The SMILES string of the molecule is c1ccc(-c2cccc3cccc(-c4nc(-c5cccc6c5oc5ccccc56)nc(-n5c6ccccc6c6ccccc65)n4)c23)cc1. The summed E-state index contributed by atoms with van der Waals surface area (Å²) in [6.07, 6.45) is 0. The predicted molar refractivity (Wildman–Crippen MR) is 195 cm³/mol. The van der Waals surface area contributed by atoms with Gasteiger partial charge in [-0.2, -0.15) is 9.97 Å². The molecule has 10 aromatic rings. The van der Waals surface area contributed by atoms with Crippen LogP contribution in [0.25, 0.3) is 94.4 Å². The van der Waals surface area contributed by atoms with Crippen LogP contribution in [0, 0.1) is 0 Å². The third-order valence-corrected chi connectivity index (χ3v) is 9.28. The molecule has 224 valence electrons. The number of hydrogen-bond donors (Lipinski definition) is 0. The van der Waals surface area contributed by atoms with Gasteiger partial charge in [0.15, 0.2) is 11.6 Å². The van der Waals surface area contributed by atoms with Crippen molar-refractivity contribution < 1.29 is 4.42 Å². The Bertz CT molecular complexity index is 2790. The average Bonchev–Trinajstić information content (AvgIpc) is 3.71. The van der Waals surface area contributed by atoms with Crippen LogP contribution in [0.15, 0.2) is 162 Å². The number of furan rings is 1. The van der Waals surface area contributed by atoms with E-state index in [1.807, 2.05) is 30.3 Å². The molecule has 0 aliphatic carbocycles. The largest absolute Gasteiger partial charge is 0.455 e. The molecule has 0 unspecified atom stereocenters. The van der Waals surface area contributed by atoms with Crippen LogP contribution >= 0.6 is 0 Å². The molecule has 0 bridgehead atoms. The van der Waals surface area contributed by atoms with E-state index in [-0.39, 0.29) is 0 Å². The molecular weight excluding hydrogens is 589 g/mol. The summed E-state index contributed by atoms with van der Waals surface area (Å²) in [6.45, 7) is 0. The Balaban J connectivity index is 1.32. The van der Waals surface area contributed by atoms with Gasteiger partial charge in [-0.15, -0.1) is 0 Å². The number of nitrogens with zero attached hydrogens (tertiary/aromatic N) is 4. The van der Waals surface area contributed by atoms with Gasteiger partial charge in [0.2, 0.25) is 5.95 Å². The van der Waals surface area contributed by atoms with Crippen LogP contribution in [0.4, 0.5) is 0 Å². The van der Waals surface area contributed by atoms with Gasteiger partial charge in [-0.25, -0.2) is 4.98 Å². The second kappa shape index (κ2) is 10.5. The number of hydrogen-bond acceptors (Lipinski definition) is 4. The van der Waals surface area contributed by atoms with Crippen LogP contribution in [0.3, 0.4) is 0 Å². The molecule has 0 spiro atoms. The maximum absolute atomic E-state index is 6.49. The Hall–Kier alpha value is -6.59. The molecule has 5 heteroatoms. The minimum absolute atomic E-state index is 0.551. The monoisotopic (exact) mass is 614 g/mol. The maximum atomic E-state index is 6.49. The molecule has 0 saturated carbocycles. The van der Waals surface area contributed by atoms with Gasteiger partial charge in [0.05, 0.1) is 16.6 Å². The molecule has 3 heterocycles. The predicted octanol–water partition coefficient (Wildman–Crippen LogP) is 11.0. The van der Waals surface area contributed by atoms with E-state index in [1.54, 1.807) is 0 Å². The van der Waals surface area contributed by atoms with Crippen molar-refractivity contribution >= 4 is 54.5 Å². The van der Waals surface area contributed by atoms with Crippen molar-refractivity contribution in [3.63, 3.8) is 0 Å². The Labute approximate surface area is 275 Å². The summed E-state index contributed by atoms with van der Waals surface area (Å²) in [5, 5.41) is 6.60. The van der Waals surface area contributed by atoms with E-state index in [4.69, 9.17) is 19.4 Å². The quantitative estimate of drug-likeness (QED) is 0.198. The number of benzene rings is 7. The summed E-state index contributed by atoms with van der Waals surface area (Å²) in [5.41, 5.74) is 7.68. The summed E-state index contributed by atoms with van der Waals surface area (Å²) in [5.74, 6) is 1.70. The summed E-state index contributed by atoms with van der Waals surface area (Å²) >= 11 is 0. The lowest BCUT2D eigenvalue weighted by Crippen LogP contribution is -2.06. The summed E-state index contributed by atoms with van der Waals surface area (Å²) in [4.78, 5) is 15.8. The first-order valence-electron chi connectivity index (χ1n) is 16.0. The smallest absolute Gasteiger partial charge is 0.238 e. The van der Waals surface area contributed by atoms with E-state index in [0.29, 0.717) is 17.6 Å². The Morgan fingerprint density at radius 3 is 1.73 bits per heavy atom. The molecular formula is C43H26N4O. The highest BCUT2D eigenvalue weighted by atomic mass is 16.3. The van der Waals surface area contributed by atoms with E-state index in [0.717, 1.165) is 76.8 Å². The lowest BCUT2D eigenvalue weighted by molar-refractivity contribution is 0.669. The van der Waals surface area contributed by atoms with Gasteiger partial charge >= 0.3 is 0 Å². The zero-order chi connectivity index (χ0) is 31.6. The van der Waals surface area contributed by atoms with Crippen LogP contribution in [-0.2, 0) is 0 Å². The van der Waals surface area contributed by atoms with E-state index in [2.05, 4.69) is 132 Å². The molecule has 0 aliphatic rings. The van der Waals surface area contributed by atoms with Gasteiger partial charge in [-0.1, -0.05) is 133 Å². The standard InChI is InChI=1S/C43H26N4O/c1-2-13-27(14-3-1)29-20-10-15-28-16-11-22-34(39(28)29)41-44-42(35-23-12-21-33-32-19-6-9-26-38(32)48-40(33)35)46-43(45-41)47-36-24-7-4-17-30(36)31-18-5-8-25-37(31)47/h1-26H. The molecule has 0 fully saturated rings. The lowest BCUT2D eigenvalue weighted by atomic mass is 9.94. The number of para-hydroxylation sites is 4. The fraction of sp³-hybridized carbons (Fsp3) is 0. The van der Waals surface area contributed by atoms with Gasteiger partial charge in [0, 0.05) is 32.5 Å². The van der Waals surface area contributed by atoms with Gasteiger partial charge in [0.25, 0.3) is 0 Å². The molecule has 0 amide bonds. The van der Waals surface area contributed by atoms with Crippen LogP contribution < -0.4 is 0 Å². The highest BCUT2D eigenvalue weighted by Gasteiger charge is 2.21. The summed E-state index contributed by atoms with van der Waals surface area (Å²) in [7, 11) is 0. The van der Waals surface area contributed by atoms with Crippen LogP contribution in [0.1, 0.15) is 0 Å². The molecule has 0 saturated heterocycles. The highest BCUT2D eigenvalue weighted by molar-refractivity contribution is 6.11. The highest BCUT2D eigenvalue weighted by Crippen LogP contribution is 2.39. The molecule has 0 aliphatic heterocycles. The first-order chi connectivity index (χ1) is 23.8. The minimum atomic E-state index is 0.551. The van der Waals surface area contributed by atoms with E-state index < -0.39 is 0 Å². The molecule has 3 aromatic heterocycles. The van der Waals surface area contributed by atoms with Crippen molar-refractivity contribution in [1.29, 1.82) is 0 Å². The van der Waals surface area contributed by atoms with Gasteiger partial charge in [-0.05, 0) is 40.8 Å². The van der Waals surface area contributed by atoms with Crippen molar-refractivity contribution in [3.05, 3.63) is 158 Å². The Kier molecular flexibility index (Phi) is 5.81. The van der Waals surface area contributed by atoms with Crippen molar-refractivity contribution in [2.24, 2.45) is 0 Å². The van der Waals surface area contributed by atoms with Crippen LogP contribution in [-0.4, -0.2) is 19.5 Å². The second-order valence-corrected chi connectivity index (χ2v) is 12.0. The van der Waals surface area contributed by atoms with Crippen molar-refractivity contribution in [1.82, 2.24) is 19.5 Å². The first kappa shape index (κ1) is 26.6. The van der Waals surface area contributed by atoms with Gasteiger partial charge < -0.3 is 4.42 Å². The van der Waals surface area contributed by atoms with Gasteiger partial charge in [0.1, 0.15) is 11.2 Å². The zero-order valence-corrected chi connectivity index (χ0v) is 25.7. The van der Waals surface area contributed by atoms with Gasteiger partial charge in [-0.3, -0.25) is 4.57 Å². The fourth-order valence-electron chi connectivity index (χ4n) is 7.15. The third kappa shape index (κ3) is 4.01. The van der Waals surface area contributed by atoms with E-state index in [9.17, 15) is 0 Å². The lowest BCUT2D eigenvalue weighted by Gasteiger charge is -2.14. The number of aromatic nitrogens is 4. The number of rotatable bonds is 4. The van der Waals surface area contributed by atoms with Crippen molar-refractivity contribution in [2.45, 2.75) is 0 Å². The minimum Gasteiger partial charge on any atom is -0.455 e. The fourth-order valence-corrected chi connectivity index (χ4v) is 7.15. The molecule has 0 N–H and O–H groups in total.